The molecule has 0 saturated heterocycles. The first kappa shape index (κ1) is 15.3. The highest BCUT2D eigenvalue weighted by atomic mass is 16.5. The van der Waals surface area contributed by atoms with E-state index in [0.717, 1.165) is 17.0 Å². The summed E-state index contributed by atoms with van der Waals surface area (Å²) in [4.78, 5) is 16.9. The van der Waals surface area contributed by atoms with Gasteiger partial charge in [0.15, 0.2) is 5.76 Å². The number of rotatable bonds is 3. The minimum atomic E-state index is -0.330. The van der Waals surface area contributed by atoms with Gasteiger partial charge in [0.1, 0.15) is 5.69 Å². The molecule has 21 heavy (non-hydrogen) atoms. The summed E-state index contributed by atoms with van der Waals surface area (Å²) in [6, 6.07) is 5.53. The Kier molecular flexibility index (Phi) is 4.16. The summed E-state index contributed by atoms with van der Waals surface area (Å²) in [6.45, 7) is 10.1. The lowest BCUT2D eigenvalue weighted by atomic mass is 9.87. The van der Waals surface area contributed by atoms with Crippen LogP contribution in [0, 0.1) is 6.92 Å². The number of carbonyl (C=O) groups excluding carboxylic acids is 1. The fraction of sp³-hybridized carbons (Fsp3) is 0.412. The van der Waals surface area contributed by atoms with E-state index in [4.69, 9.17) is 14.1 Å². The van der Waals surface area contributed by atoms with Gasteiger partial charge in [-0.3, -0.25) is 0 Å². The molecule has 4 nitrogen and oxygen atoms in total. The Morgan fingerprint density at radius 1 is 1.38 bits per heavy atom. The van der Waals surface area contributed by atoms with Gasteiger partial charge in [0.2, 0.25) is 0 Å². The first-order valence-electron chi connectivity index (χ1n) is 7.07. The van der Waals surface area contributed by atoms with Crippen molar-refractivity contribution in [2.75, 3.05) is 6.61 Å². The molecule has 2 aromatic heterocycles. The highest BCUT2D eigenvalue weighted by Gasteiger charge is 2.26. The zero-order valence-electron chi connectivity index (χ0n) is 13.2. The lowest BCUT2D eigenvalue weighted by Crippen LogP contribution is -2.21. The van der Waals surface area contributed by atoms with Gasteiger partial charge < -0.3 is 9.15 Å². The minimum Gasteiger partial charge on any atom is -0.463 e. The molecule has 0 aliphatic carbocycles. The van der Waals surface area contributed by atoms with Gasteiger partial charge in [-0.05, 0) is 37.6 Å². The maximum absolute atomic E-state index is 12.2. The van der Waals surface area contributed by atoms with Crippen LogP contribution in [0.5, 0.6) is 0 Å². The van der Waals surface area contributed by atoms with E-state index < -0.39 is 0 Å². The highest BCUT2D eigenvalue weighted by molar-refractivity contribution is 5.91. The second-order valence-corrected chi connectivity index (χ2v) is 6.00. The van der Waals surface area contributed by atoms with E-state index in [2.05, 4.69) is 0 Å². The highest BCUT2D eigenvalue weighted by Crippen LogP contribution is 2.30. The summed E-state index contributed by atoms with van der Waals surface area (Å²) < 4.78 is 10.6. The van der Waals surface area contributed by atoms with Gasteiger partial charge in [-0.1, -0.05) is 20.8 Å². The number of hydrogen-bond acceptors (Lipinski definition) is 4. The molecule has 0 aliphatic heterocycles. The van der Waals surface area contributed by atoms with Crippen molar-refractivity contribution < 1.29 is 13.9 Å². The summed E-state index contributed by atoms with van der Waals surface area (Å²) in [5.41, 5.74) is 2.63. The molecular weight excluding hydrogens is 266 g/mol. The van der Waals surface area contributed by atoms with Gasteiger partial charge in [0, 0.05) is 5.41 Å². The Balaban J connectivity index is 2.62. The molecule has 0 spiro atoms. The molecule has 2 heterocycles. The topological polar surface area (TPSA) is 52.3 Å². The molecular formula is C17H21NO3. The standard InChI is InChI=1S/C17H21NO3/c1-6-20-16(19)12-10-11(2)14(13-8-7-9-21-13)18-15(12)17(3,4)5/h7-10H,6H2,1-5H3. The maximum Gasteiger partial charge on any atom is 0.340 e. The Morgan fingerprint density at radius 2 is 2.10 bits per heavy atom. The lowest BCUT2D eigenvalue weighted by Gasteiger charge is -2.22. The van der Waals surface area contributed by atoms with Crippen LogP contribution in [0.25, 0.3) is 11.5 Å². The number of pyridine rings is 1. The third kappa shape index (κ3) is 3.15. The molecule has 0 unspecified atom stereocenters. The first-order chi connectivity index (χ1) is 9.84. The van der Waals surface area contributed by atoms with Crippen LogP contribution >= 0.6 is 0 Å². The van der Waals surface area contributed by atoms with Crippen molar-refractivity contribution in [3.05, 3.63) is 41.3 Å². The fourth-order valence-corrected chi connectivity index (χ4v) is 2.21. The number of furan rings is 1. The normalized spacial score (nSPS) is 11.5. The van der Waals surface area contributed by atoms with Crippen molar-refractivity contribution in [3.8, 4) is 11.5 Å². The van der Waals surface area contributed by atoms with Crippen LogP contribution in [0.4, 0.5) is 0 Å². The SMILES string of the molecule is CCOC(=O)c1cc(C)c(-c2ccco2)nc1C(C)(C)C. The maximum atomic E-state index is 12.2. The Morgan fingerprint density at radius 3 is 2.62 bits per heavy atom. The zero-order valence-corrected chi connectivity index (χ0v) is 13.2. The molecule has 0 saturated carbocycles. The molecule has 2 aromatic rings. The summed E-state index contributed by atoms with van der Waals surface area (Å²) in [6.07, 6.45) is 1.62. The number of nitrogens with zero attached hydrogens (tertiary/aromatic N) is 1. The van der Waals surface area contributed by atoms with Crippen LogP contribution in [0.3, 0.4) is 0 Å². The molecule has 4 heteroatoms. The van der Waals surface area contributed by atoms with Crippen LogP contribution in [0.2, 0.25) is 0 Å². The summed E-state index contributed by atoms with van der Waals surface area (Å²) in [7, 11) is 0. The van der Waals surface area contributed by atoms with Crippen molar-refractivity contribution in [2.24, 2.45) is 0 Å². The van der Waals surface area contributed by atoms with Crippen LogP contribution in [0.1, 0.15) is 49.3 Å². The minimum absolute atomic E-state index is 0.267. The zero-order chi connectivity index (χ0) is 15.6. The Bertz CT molecular complexity index is 637. The monoisotopic (exact) mass is 287 g/mol. The predicted octanol–water partition coefficient (Wildman–Crippen LogP) is 4.12. The third-order valence-electron chi connectivity index (χ3n) is 3.17. The quantitative estimate of drug-likeness (QED) is 0.797. The average molecular weight is 287 g/mol. The summed E-state index contributed by atoms with van der Waals surface area (Å²) >= 11 is 0. The number of hydrogen-bond donors (Lipinski definition) is 0. The van der Waals surface area contributed by atoms with Crippen molar-refractivity contribution in [2.45, 2.75) is 40.0 Å². The number of ether oxygens (including phenoxy) is 1. The Hall–Kier alpha value is -2.10. The van der Waals surface area contributed by atoms with Gasteiger partial charge in [0.05, 0.1) is 24.1 Å². The molecule has 0 aliphatic rings. The average Bonchev–Trinajstić information content (AvgIpc) is 2.91. The molecule has 2 rings (SSSR count). The molecule has 0 radical (unpaired) electrons. The number of aryl methyl sites for hydroxylation is 1. The first-order valence-corrected chi connectivity index (χ1v) is 7.07. The molecule has 0 amide bonds. The van der Waals surface area contributed by atoms with Gasteiger partial charge in [-0.25, -0.2) is 9.78 Å². The van der Waals surface area contributed by atoms with Gasteiger partial charge >= 0.3 is 5.97 Å². The van der Waals surface area contributed by atoms with Crippen LogP contribution < -0.4 is 0 Å². The van der Waals surface area contributed by atoms with Crippen molar-refractivity contribution >= 4 is 5.97 Å². The van der Waals surface area contributed by atoms with E-state index in [-0.39, 0.29) is 11.4 Å². The van der Waals surface area contributed by atoms with Crippen LogP contribution in [0.15, 0.2) is 28.9 Å². The van der Waals surface area contributed by atoms with Crippen molar-refractivity contribution in [1.29, 1.82) is 0 Å². The van der Waals surface area contributed by atoms with E-state index in [1.807, 2.05) is 45.9 Å². The largest absolute Gasteiger partial charge is 0.463 e. The van der Waals surface area contributed by atoms with Crippen molar-refractivity contribution in [1.82, 2.24) is 4.98 Å². The predicted molar refractivity (Wildman–Crippen MR) is 81.3 cm³/mol. The Labute approximate surface area is 125 Å². The number of esters is 1. The smallest absolute Gasteiger partial charge is 0.340 e. The van der Waals surface area contributed by atoms with Gasteiger partial charge in [-0.2, -0.15) is 0 Å². The van der Waals surface area contributed by atoms with E-state index in [0.29, 0.717) is 17.9 Å². The lowest BCUT2D eigenvalue weighted by molar-refractivity contribution is 0.0522. The molecule has 0 fully saturated rings. The molecule has 0 atom stereocenters. The van der Waals surface area contributed by atoms with Gasteiger partial charge in [0.25, 0.3) is 0 Å². The molecule has 0 N–H and O–H groups in total. The van der Waals surface area contributed by atoms with Gasteiger partial charge in [-0.15, -0.1) is 0 Å². The second-order valence-electron chi connectivity index (χ2n) is 6.00. The van der Waals surface area contributed by atoms with E-state index in [1.54, 1.807) is 13.2 Å². The number of carbonyl (C=O) groups is 1. The summed E-state index contributed by atoms with van der Waals surface area (Å²) in [5.74, 6) is 0.373. The van der Waals surface area contributed by atoms with Crippen LogP contribution in [-0.2, 0) is 10.2 Å². The van der Waals surface area contributed by atoms with E-state index in [9.17, 15) is 4.79 Å². The van der Waals surface area contributed by atoms with E-state index in [1.165, 1.54) is 0 Å². The fourth-order valence-electron chi connectivity index (χ4n) is 2.21. The summed E-state index contributed by atoms with van der Waals surface area (Å²) in [5, 5.41) is 0. The molecule has 0 aromatic carbocycles. The van der Waals surface area contributed by atoms with Crippen LogP contribution in [-0.4, -0.2) is 17.6 Å². The number of aromatic nitrogens is 1. The van der Waals surface area contributed by atoms with Crippen molar-refractivity contribution in [3.63, 3.8) is 0 Å². The second kappa shape index (κ2) is 5.72. The van der Waals surface area contributed by atoms with E-state index >= 15 is 0 Å². The molecule has 0 bridgehead atoms. The molecule has 112 valence electrons. The third-order valence-corrected chi connectivity index (χ3v) is 3.17.